The van der Waals surface area contributed by atoms with Gasteiger partial charge in [0.05, 0.1) is 11.0 Å². The Bertz CT molecular complexity index is 582. The first kappa shape index (κ1) is 12.8. The maximum absolute atomic E-state index is 13.1. The Kier molecular flexibility index (Phi) is 3.81. The fourth-order valence-electron chi connectivity index (χ4n) is 1.90. The number of carbonyl (C=O) groups is 1. The van der Waals surface area contributed by atoms with Gasteiger partial charge < -0.3 is 10.3 Å². The molecule has 0 aliphatic rings. The molecule has 0 fully saturated rings. The summed E-state index contributed by atoms with van der Waals surface area (Å²) in [7, 11) is 0. The third-order valence-electron chi connectivity index (χ3n) is 2.69. The molecule has 1 aromatic heterocycles. The summed E-state index contributed by atoms with van der Waals surface area (Å²) in [6, 6.07) is 4.39. The maximum atomic E-state index is 13.1. The summed E-state index contributed by atoms with van der Waals surface area (Å²) in [6.45, 7) is 0.434. The second-order valence-corrected chi connectivity index (χ2v) is 4.35. The number of carbonyl (C=O) groups excluding carboxylic acids is 1. The van der Waals surface area contributed by atoms with Crippen LogP contribution in [0.25, 0.3) is 11.0 Å². The highest BCUT2D eigenvalue weighted by molar-refractivity contribution is 6.17. The van der Waals surface area contributed by atoms with Crippen LogP contribution in [0.15, 0.2) is 18.2 Å². The molecular weight excluding hydrogens is 257 g/mol. The smallest absolute Gasteiger partial charge is 0.219 e. The molecular formula is C12H13ClFN3O. The van der Waals surface area contributed by atoms with Gasteiger partial charge in [0.2, 0.25) is 5.91 Å². The lowest BCUT2D eigenvalue weighted by Gasteiger charge is -2.06. The van der Waals surface area contributed by atoms with Gasteiger partial charge in [0.15, 0.2) is 0 Å². The summed E-state index contributed by atoms with van der Waals surface area (Å²) < 4.78 is 15.0. The summed E-state index contributed by atoms with van der Waals surface area (Å²) in [5, 5.41) is 0. The largest absolute Gasteiger partial charge is 0.370 e. The van der Waals surface area contributed by atoms with Crippen LogP contribution in [0.4, 0.5) is 4.39 Å². The van der Waals surface area contributed by atoms with Crippen LogP contribution in [-0.2, 0) is 17.8 Å². The molecule has 2 rings (SSSR count). The van der Waals surface area contributed by atoms with Gasteiger partial charge in [-0.1, -0.05) is 0 Å². The number of rotatable bonds is 5. The molecule has 2 aromatic rings. The van der Waals surface area contributed by atoms with E-state index in [9.17, 15) is 9.18 Å². The van der Waals surface area contributed by atoms with Crippen molar-refractivity contribution in [3.63, 3.8) is 0 Å². The highest BCUT2D eigenvalue weighted by Gasteiger charge is 2.11. The average Bonchev–Trinajstić information content (AvgIpc) is 2.63. The lowest BCUT2D eigenvalue weighted by molar-refractivity contribution is -0.118. The Labute approximate surface area is 109 Å². The number of nitrogens with two attached hydrogens (primary N) is 1. The van der Waals surface area contributed by atoms with Crippen LogP contribution in [0.2, 0.25) is 0 Å². The molecule has 4 nitrogen and oxygen atoms in total. The van der Waals surface area contributed by atoms with Crippen molar-refractivity contribution in [3.05, 3.63) is 29.8 Å². The van der Waals surface area contributed by atoms with E-state index in [4.69, 9.17) is 17.3 Å². The van der Waals surface area contributed by atoms with E-state index in [1.54, 1.807) is 6.07 Å². The number of imidazole rings is 1. The van der Waals surface area contributed by atoms with Crippen molar-refractivity contribution < 1.29 is 9.18 Å². The minimum atomic E-state index is -0.379. The molecule has 0 aliphatic carbocycles. The highest BCUT2D eigenvalue weighted by Crippen LogP contribution is 2.18. The number of fused-ring (bicyclic) bond motifs is 1. The number of aryl methyl sites for hydroxylation is 2. The van der Waals surface area contributed by atoms with Gasteiger partial charge in [-0.15, -0.1) is 11.6 Å². The van der Waals surface area contributed by atoms with Crippen molar-refractivity contribution in [2.45, 2.75) is 19.4 Å². The Hall–Kier alpha value is -1.62. The number of benzene rings is 1. The van der Waals surface area contributed by atoms with E-state index < -0.39 is 0 Å². The van der Waals surface area contributed by atoms with E-state index in [0.29, 0.717) is 24.4 Å². The van der Waals surface area contributed by atoms with E-state index in [-0.39, 0.29) is 18.1 Å². The lowest BCUT2D eigenvalue weighted by Crippen LogP contribution is -2.15. The molecule has 1 amide bonds. The Morgan fingerprint density at radius 1 is 1.50 bits per heavy atom. The molecule has 0 saturated carbocycles. The highest BCUT2D eigenvalue weighted by atomic mass is 35.5. The Morgan fingerprint density at radius 3 is 2.94 bits per heavy atom. The zero-order valence-electron chi connectivity index (χ0n) is 9.70. The monoisotopic (exact) mass is 269 g/mol. The number of hydrogen-bond acceptors (Lipinski definition) is 2. The Balaban J connectivity index is 2.44. The van der Waals surface area contributed by atoms with Crippen molar-refractivity contribution >= 4 is 28.5 Å². The SMILES string of the molecule is NC(=O)CCn1c(CCCl)nc2cc(F)ccc21. The maximum Gasteiger partial charge on any atom is 0.219 e. The van der Waals surface area contributed by atoms with Crippen molar-refractivity contribution in [3.8, 4) is 0 Å². The Morgan fingerprint density at radius 2 is 2.28 bits per heavy atom. The van der Waals surface area contributed by atoms with Crippen LogP contribution in [0.1, 0.15) is 12.2 Å². The van der Waals surface area contributed by atoms with Crippen molar-refractivity contribution in [1.29, 1.82) is 0 Å². The number of aromatic nitrogens is 2. The molecule has 6 heteroatoms. The van der Waals surface area contributed by atoms with Gasteiger partial charge >= 0.3 is 0 Å². The van der Waals surface area contributed by atoms with Crippen LogP contribution in [0.3, 0.4) is 0 Å². The fraction of sp³-hybridized carbons (Fsp3) is 0.333. The minimum absolute atomic E-state index is 0.220. The van der Waals surface area contributed by atoms with Crippen LogP contribution >= 0.6 is 11.6 Å². The molecule has 0 bridgehead atoms. The third kappa shape index (κ3) is 2.61. The quantitative estimate of drug-likeness (QED) is 0.842. The molecule has 1 aromatic carbocycles. The number of primary amides is 1. The van der Waals surface area contributed by atoms with E-state index in [0.717, 1.165) is 11.3 Å². The van der Waals surface area contributed by atoms with Crippen LogP contribution in [-0.4, -0.2) is 21.3 Å². The predicted octanol–water partition coefficient (Wildman–Crippen LogP) is 1.83. The van der Waals surface area contributed by atoms with E-state index in [2.05, 4.69) is 4.98 Å². The van der Waals surface area contributed by atoms with Gasteiger partial charge in [-0.3, -0.25) is 4.79 Å². The van der Waals surface area contributed by atoms with Crippen molar-refractivity contribution in [1.82, 2.24) is 9.55 Å². The molecule has 0 unspecified atom stereocenters. The standard InChI is InChI=1S/C12H13ClFN3O/c13-5-3-12-16-9-7-8(14)1-2-10(9)17(12)6-4-11(15)18/h1-2,7H,3-6H2,(H2,15,18). The van der Waals surface area contributed by atoms with E-state index in [1.165, 1.54) is 12.1 Å². The van der Waals surface area contributed by atoms with Crippen LogP contribution in [0.5, 0.6) is 0 Å². The van der Waals surface area contributed by atoms with E-state index >= 15 is 0 Å². The molecule has 96 valence electrons. The zero-order chi connectivity index (χ0) is 13.1. The first-order valence-corrected chi connectivity index (χ1v) is 6.14. The molecule has 0 aliphatic heterocycles. The van der Waals surface area contributed by atoms with Gasteiger partial charge in [-0.2, -0.15) is 0 Å². The second kappa shape index (κ2) is 5.35. The van der Waals surface area contributed by atoms with Crippen molar-refractivity contribution in [2.24, 2.45) is 5.73 Å². The molecule has 1 heterocycles. The number of hydrogen-bond donors (Lipinski definition) is 1. The molecule has 0 spiro atoms. The summed E-state index contributed by atoms with van der Waals surface area (Å²) in [6.07, 6.45) is 0.786. The van der Waals surface area contributed by atoms with Crippen LogP contribution < -0.4 is 5.73 Å². The molecule has 0 radical (unpaired) electrons. The van der Waals surface area contributed by atoms with E-state index in [1.807, 2.05) is 4.57 Å². The first-order valence-electron chi connectivity index (χ1n) is 5.60. The third-order valence-corrected chi connectivity index (χ3v) is 2.88. The number of alkyl halides is 1. The van der Waals surface area contributed by atoms with Gasteiger partial charge in [0.25, 0.3) is 0 Å². The minimum Gasteiger partial charge on any atom is -0.370 e. The normalized spacial score (nSPS) is 11.0. The number of halogens is 2. The molecule has 0 saturated heterocycles. The first-order chi connectivity index (χ1) is 8.61. The van der Waals surface area contributed by atoms with Gasteiger partial charge in [0.1, 0.15) is 11.6 Å². The fourth-order valence-corrected chi connectivity index (χ4v) is 2.07. The zero-order valence-corrected chi connectivity index (χ0v) is 10.5. The summed E-state index contributed by atoms with van der Waals surface area (Å²) in [4.78, 5) is 15.2. The number of amides is 1. The lowest BCUT2D eigenvalue weighted by atomic mass is 10.3. The topological polar surface area (TPSA) is 60.9 Å². The average molecular weight is 270 g/mol. The summed E-state index contributed by atoms with van der Waals surface area (Å²) >= 11 is 5.71. The van der Waals surface area contributed by atoms with Crippen molar-refractivity contribution in [2.75, 3.05) is 5.88 Å². The van der Waals surface area contributed by atoms with Crippen LogP contribution in [0, 0.1) is 5.82 Å². The molecule has 18 heavy (non-hydrogen) atoms. The van der Waals surface area contributed by atoms with Gasteiger partial charge in [0, 0.05) is 31.3 Å². The number of nitrogens with zero attached hydrogens (tertiary/aromatic N) is 2. The molecule has 0 atom stereocenters. The summed E-state index contributed by atoms with van der Waals surface area (Å²) in [5.74, 6) is 0.449. The second-order valence-electron chi connectivity index (χ2n) is 3.97. The molecule has 2 N–H and O–H groups in total. The van der Waals surface area contributed by atoms with Gasteiger partial charge in [-0.05, 0) is 12.1 Å². The predicted molar refractivity (Wildman–Crippen MR) is 67.9 cm³/mol. The van der Waals surface area contributed by atoms with Gasteiger partial charge in [-0.25, -0.2) is 9.37 Å². The summed E-state index contributed by atoms with van der Waals surface area (Å²) in [5.41, 5.74) is 6.50.